The van der Waals surface area contributed by atoms with E-state index >= 15 is 0 Å². The van der Waals surface area contributed by atoms with Crippen molar-refractivity contribution in [2.75, 3.05) is 6.54 Å². The fourth-order valence-electron chi connectivity index (χ4n) is 1.98. The van der Waals surface area contributed by atoms with Crippen molar-refractivity contribution < 1.29 is 0 Å². The zero-order valence-corrected chi connectivity index (χ0v) is 11.8. The van der Waals surface area contributed by atoms with Crippen LogP contribution in [0.25, 0.3) is 0 Å². The van der Waals surface area contributed by atoms with E-state index in [1.165, 1.54) is 30.6 Å². The lowest BCUT2D eigenvalue weighted by Gasteiger charge is -2.21. The molecule has 2 heteroatoms. The summed E-state index contributed by atoms with van der Waals surface area (Å²) in [4.78, 5) is 4.63. The van der Waals surface area contributed by atoms with Crippen molar-refractivity contribution in [3.63, 3.8) is 0 Å². The predicted octanol–water partition coefficient (Wildman–Crippen LogP) is 3.83. The van der Waals surface area contributed by atoms with Crippen molar-refractivity contribution in [3.8, 4) is 0 Å². The van der Waals surface area contributed by atoms with Gasteiger partial charge in [0.15, 0.2) is 0 Å². The van der Waals surface area contributed by atoms with Gasteiger partial charge in [-0.1, -0.05) is 46.1 Å². The van der Waals surface area contributed by atoms with E-state index in [9.17, 15) is 0 Å². The molecule has 0 aliphatic rings. The molecule has 0 N–H and O–H groups in total. The van der Waals surface area contributed by atoms with Gasteiger partial charge in [-0.15, -0.1) is 0 Å². The zero-order chi connectivity index (χ0) is 11.0. The first kappa shape index (κ1) is 13.9. The third-order valence-electron chi connectivity index (χ3n) is 3.14. The summed E-state index contributed by atoms with van der Waals surface area (Å²) in [6, 6.07) is 1.46. The van der Waals surface area contributed by atoms with Crippen molar-refractivity contribution >= 4 is 14.1 Å². The molecule has 0 aliphatic carbocycles. The lowest BCUT2D eigenvalue weighted by molar-refractivity contribution is 0.822. The van der Waals surface area contributed by atoms with Crippen LogP contribution in [-0.4, -0.2) is 20.7 Å². The number of hydrogen-bond acceptors (Lipinski definition) is 1. The van der Waals surface area contributed by atoms with E-state index in [-0.39, 0.29) is 0 Å². The van der Waals surface area contributed by atoms with E-state index < -0.39 is 8.80 Å². The molecular formula is C12H27NSi. The number of nitrogens with zero attached hydrogens (tertiary/aromatic N) is 1. The van der Waals surface area contributed by atoms with Gasteiger partial charge >= 0.3 is 0 Å². The zero-order valence-electron chi connectivity index (χ0n) is 10.6. The molecule has 0 saturated carbocycles. The van der Waals surface area contributed by atoms with E-state index in [4.69, 9.17) is 0 Å². The smallest absolute Gasteiger partial charge is 0.0909 e. The average molecular weight is 213 g/mol. The molecule has 14 heavy (non-hydrogen) atoms. The molecule has 1 nitrogen and oxygen atoms in total. The molecule has 0 aromatic heterocycles. The van der Waals surface area contributed by atoms with Gasteiger partial charge in [-0.2, -0.15) is 0 Å². The van der Waals surface area contributed by atoms with E-state index in [1.54, 1.807) is 0 Å². The van der Waals surface area contributed by atoms with Crippen molar-refractivity contribution in [2.24, 2.45) is 4.99 Å². The molecule has 2 atom stereocenters. The number of hydrogen-bond donors (Lipinski definition) is 0. The molecule has 2 unspecified atom stereocenters. The summed E-state index contributed by atoms with van der Waals surface area (Å²) in [5, 5.41) is 1.51. The van der Waals surface area contributed by atoms with Crippen LogP contribution >= 0.6 is 0 Å². The molecule has 0 saturated heterocycles. The third kappa shape index (κ3) is 4.94. The van der Waals surface area contributed by atoms with Gasteiger partial charge in [0.05, 0.1) is 8.80 Å². The molecule has 0 rings (SSSR count). The Morgan fingerprint density at radius 2 is 1.93 bits per heavy atom. The first-order chi connectivity index (χ1) is 6.67. The summed E-state index contributed by atoms with van der Waals surface area (Å²) >= 11 is 0. The molecule has 0 aromatic rings. The summed E-state index contributed by atoms with van der Waals surface area (Å²) < 4.78 is 0. The standard InChI is InChI=1S/C12H27NSi/c1-6-9-10-14(11(4)7-2)12(5)13-8-3/h11,14H,6-10H2,1-5H3. The molecule has 84 valence electrons. The lowest BCUT2D eigenvalue weighted by Crippen LogP contribution is -2.28. The Morgan fingerprint density at radius 1 is 1.29 bits per heavy atom. The first-order valence-electron chi connectivity index (χ1n) is 6.18. The highest BCUT2D eigenvalue weighted by atomic mass is 28.3. The van der Waals surface area contributed by atoms with E-state index in [0.29, 0.717) is 0 Å². The van der Waals surface area contributed by atoms with Crippen molar-refractivity contribution in [1.82, 2.24) is 0 Å². The minimum Gasteiger partial charge on any atom is -0.300 e. The number of rotatable bonds is 7. The SMILES string of the molecule is CCCC[SiH](C(C)=NCC)C(C)CC. The second-order valence-corrected chi connectivity index (χ2v) is 8.01. The number of unbranched alkanes of at least 4 members (excludes halogenated alkanes) is 1. The maximum absolute atomic E-state index is 4.63. The second kappa shape index (κ2) is 8.22. The average Bonchev–Trinajstić information content (AvgIpc) is 2.18. The highest BCUT2D eigenvalue weighted by Gasteiger charge is 2.19. The Hall–Kier alpha value is -0.113. The van der Waals surface area contributed by atoms with Gasteiger partial charge in [-0.3, -0.25) is 4.99 Å². The minimum absolute atomic E-state index is 0.707. The molecule has 0 bridgehead atoms. The summed E-state index contributed by atoms with van der Waals surface area (Å²) in [5.74, 6) is 0. The summed E-state index contributed by atoms with van der Waals surface area (Å²) in [7, 11) is -0.707. The Bertz CT molecular complexity index is 166. The van der Waals surface area contributed by atoms with E-state index in [1.807, 2.05) is 0 Å². The molecule has 0 aliphatic heterocycles. The second-order valence-electron chi connectivity index (χ2n) is 4.25. The fraction of sp³-hybridized carbons (Fsp3) is 0.917. The summed E-state index contributed by atoms with van der Waals surface area (Å²) in [5.41, 5.74) is 0.928. The van der Waals surface area contributed by atoms with Crippen molar-refractivity contribution in [2.45, 2.75) is 65.5 Å². The fourth-order valence-corrected chi connectivity index (χ4v) is 5.62. The molecule has 0 amide bonds. The minimum atomic E-state index is -0.707. The van der Waals surface area contributed by atoms with Crippen LogP contribution in [0.5, 0.6) is 0 Å². The molecule has 0 aromatic carbocycles. The van der Waals surface area contributed by atoms with Gasteiger partial charge in [-0.05, 0) is 24.7 Å². The van der Waals surface area contributed by atoms with Crippen molar-refractivity contribution in [3.05, 3.63) is 0 Å². The van der Waals surface area contributed by atoms with E-state index in [0.717, 1.165) is 12.1 Å². The first-order valence-corrected chi connectivity index (χ1v) is 8.24. The Kier molecular flexibility index (Phi) is 8.15. The lowest BCUT2D eigenvalue weighted by atomic mass is 10.4. The van der Waals surface area contributed by atoms with Crippen LogP contribution in [0.15, 0.2) is 4.99 Å². The van der Waals surface area contributed by atoms with Gasteiger partial charge < -0.3 is 0 Å². The molecule has 0 fully saturated rings. The third-order valence-corrected chi connectivity index (χ3v) is 7.27. The molecule has 0 radical (unpaired) electrons. The van der Waals surface area contributed by atoms with E-state index in [2.05, 4.69) is 39.6 Å². The van der Waals surface area contributed by atoms with Crippen LogP contribution < -0.4 is 0 Å². The molecular weight excluding hydrogens is 186 g/mol. The topological polar surface area (TPSA) is 12.4 Å². The van der Waals surface area contributed by atoms with Crippen LogP contribution in [0.4, 0.5) is 0 Å². The quantitative estimate of drug-likeness (QED) is 0.450. The van der Waals surface area contributed by atoms with Crippen molar-refractivity contribution in [1.29, 1.82) is 0 Å². The van der Waals surface area contributed by atoms with Crippen LogP contribution in [-0.2, 0) is 0 Å². The molecule has 0 heterocycles. The highest BCUT2D eigenvalue weighted by Crippen LogP contribution is 2.20. The monoisotopic (exact) mass is 213 g/mol. The normalized spacial score (nSPS) is 16.8. The van der Waals surface area contributed by atoms with Gasteiger partial charge in [0.25, 0.3) is 0 Å². The van der Waals surface area contributed by atoms with Gasteiger partial charge in [0.2, 0.25) is 0 Å². The van der Waals surface area contributed by atoms with Gasteiger partial charge in [0.1, 0.15) is 0 Å². The summed E-state index contributed by atoms with van der Waals surface area (Å²) in [6.07, 6.45) is 4.06. The Morgan fingerprint density at radius 3 is 2.36 bits per heavy atom. The Labute approximate surface area is 91.6 Å². The number of aliphatic imine (C=N–C) groups is 1. The highest BCUT2D eigenvalue weighted by molar-refractivity contribution is 6.91. The Balaban J connectivity index is 4.29. The van der Waals surface area contributed by atoms with Gasteiger partial charge in [0, 0.05) is 6.54 Å². The summed E-state index contributed by atoms with van der Waals surface area (Å²) in [6.45, 7) is 12.4. The van der Waals surface area contributed by atoms with Crippen LogP contribution in [0.1, 0.15) is 53.9 Å². The predicted molar refractivity (Wildman–Crippen MR) is 70.2 cm³/mol. The largest absolute Gasteiger partial charge is 0.300 e. The van der Waals surface area contributed by atoms with Gasteiger partial charge in [-0.25, -0.2) is 0 Å². The maximum Gasteiger partial charge on any atom is 0.0909 e. The van der Waals surface area contributed by atoms with Crippen LogP contribution in [0.2, 0.25) is 11.6 Å². The maximum atomic E-state index is 4.63. The molecule has 0 spiro atoms. The van der Waals surface area contributed by atoms with Crippen LogP contribution in [0, 0.1) is 0 Å². The van der Waals surface area contributed by atoms with Crippen LogP contribution in [0.3, 0.4) is 0 Å².